The molecule has 0 amide bonds. The van der Waals surface area contributed by atoms with E-state index in [2.05, 4.69) is 26.7 Å². The Kier molecular flexibility index (Phi) is 2.95. The lowest BCUT2D eigenvalue weighted by Crippen LogP contribution is -1.96. The van der Waals surface area contributed by atoms with Crippen LogP contribution in [0.25, 0.3) is 0 Å². The molecule has 0 spiro atoms. The highest BCUT2D eigenvalue weighted by Gasteiger charge is 2.01. The van der Waals surface area contributed by atoms with Gasteiger partial charge in [-0.3, -0.25) is 0 Å². The van der Waals surface area contributed by atoms with E-state index in [1.807, 2.05) is 0 Å². The molecule has 0 fully saturated rings. The number of H-pyrrole nitrogens is 1. The summed E-state index contributed by atoms with van der Waals surface area (Å²) in [5.41, 5.74) is 6.10. The molecule has 6 heteroatoms. The summed E-state index contributed by atoms with van der Waals surface area (Å²) in [6, 6.07) is 0. The summed E-state index contributed by atoms with van der Waals surface area (Å²) >= 11 is 5.51. The van der Waals surface area contributed by atoms with Gasteiger partial charge in [-0.05, 0) is 18.3 Å². The van der Waals surface area contributed by atoms with Crippen LogP contribution in [0.15, 0.2) is 16.3 Å². The normalized spacial score (nSPS) is 11.7. The first-order valence-corrected chi connectivity index (χ1v) is 3.59. The van der Waals surface area contributed by atoms with Crippen LogP contribution in [0.5, 0.6) is 0 Å². The van der Waals surface area contributed by atoms with Crippen molar-refractivity contribution in [3.63, 3.8) is 0 Å². The predicted molar refractivity (Wildman–Crippen MR) is 49.0 cm³/mol. The monoisotopic (exact) mass is 185 g/mol. The Hall–Kier alpha value is -1.20. The number of nitrogens with one attached hydrogen (secondary N) is 1. The van der Waals surface area contributed by atoms with Gasteiger partial charge in [-0.2, -0.15) is 4.99 Å². The number of halogens is 1. The first kappa shape index (κ1) is 8.89. The SMILES string of the molecule is C=NC(Cl)=Nc1nc[nH]c1CN. The van der Waals surface area contributed by atoms with Crippen molar-refractivity contribution in [2.45, 2.75) is 6.54 Å². The number of hydrogen-bond donors (Lipinski definition) is 2. The second-order valence-corrected chi connectivity index (χ2v) is 2.29. The molecule has 0 atom stereocenters. The number of aliphatic imine (C=N–C) groups is 2. The van der Waals surface area contributed by atoms with E-state index >= 15 is 0 Å². The molecule has 0 saturated carbocycles. The fourth-order valence-corrected chi connectivity index (χ4v) is 0.763. The standard InChI is InChI=1S/C6H8ClN5/c1-9-6(7)12-5-4(2-8)10-3-11-5/h3H,1-2,8H2,(H,10,11). The Morgan fingerprint density at radius 3 is 3.17 bits per heavy atom. The molecule has 1 aromatic heterocycles. The summed E-state index contributed by atoms with van der Waals surface area (Å²) < 4.78 is 0. The van der Waals surface area contributed by atoms with E-state index in [1.165, 1.54) is 6.33 Å². The van der Waals surface area contributed by atoms with Gasteiger partial charge in [0, 0.05) is 6.54 Å². The van der Waals surface area contributed by atoms with Crippen LogP contribution >= 0.6 is 11.6 Å². The van der Waals surface area contributed by atoms with Crippen molar-refractivity contribution >= 4 is 29.4 Å². The number of rotatable bonds is 2. The number of aromatic nitrogens is 2. The molecule has 0 aromatic carbocycles. The summed E-state index contributed by atoms with van der Waals surface area (Å²) in [6.45, 7) is 3.55. The van der Waals surface area contributed by atoms with Gasteiger partial charge in [0.1, 0.15) is 0 Å². The zero-order valence-electron chi connectivity index (χ0n) is 6.29. The lowest BCUT2D eigenvalue weighted by atomic mass is 10.4. The summed E-state index contributed by atoms with van der Waals surface area (Å²) in [5, 5.41) is 0.0526. The van der Waals surface area contributed by atoms with E-state index in [0.29, 0.717) is 12.4 Å². The minimum atomic E-state index is 0.0526. The van der Waals surface area contributed by atoms with Crippen LogP contribution in [0, 0.1) is 0 Å². The fraction of sp³-hybridized carbons (Fsp3) is 0.167. The third-order valence-electron chi connectivity index (χ3n) is 1.23. The molecule has 12 heavy (non-hydrogen) atoms. The van der Waals surface area contributed by atoms with E-state index in [4.69, 9.17) is 17.3 Å². The van der Waals surface area contributed by atoms with Crippen LogP contribution in [0.3, 0.4) is 0 Å². The lowest BCUT2D eigenvalue weighted by Gasteiger charge is -1.91. The molecule has 1 aromatic rings. The highest BCUT2D eigenvalue weighted by atomic mass is 35.5. The number of nitrogens with two attached hydrogens (primary N) is 1. The number of aromatic amines is 1. The van der Waals surface area contributed by atoms with Crippen LogP contribution in [0.1, 0.15) is 5.69 Å². The first-order valence-electron chi connectivity index (χ1n) is 3.21. The van der Waals surface area contributed by atoms with Gasteiger partial charge in [-0.1, -0.05) is 0 Å². The Morgan fingerprint density at radius 1 is 1.83 bits per heavy atom. The second-order valence-electron chi connectivity index (χ2n) is 1.95. The predicted octanol–water partition coefficient (Wildman–Crippen LogP) is 0.795. The molecule has 0 bridgehead atoms. The highest BCUT2D eigenvalue weighted by molar-refractivity contribution is 6.65. The molecule has 0 unspecified atom stereocenters. The molecule has 0 aliphatic heterocycles. The first-order chi connectivity index (χ1) is 5.77. The molecule has 3 N–H and O–H groups in total. The minimum absolute atomic E-state index is 0.0526. The smallest absolute Gasteiger partial charge is 0.223 e. The fourth-order valence-electron chi connectivity index (χ4n) is 0.683. The van der Waals surface area contributed by atoms with Gasteiger partial charge in [-0.15, -0.1) is 0 Å². The number of nitrogens with zero attached hydrogens (tertiary/aromatic N) is 3. The molecule has 5 nitrogen and oxygen atoms in total. The molecule has 1 heterocycles. The quantitative estimate of drug-likeness (QED) is 0.406. The van der Waals surface area contributed by atoms with E-state index in [-0.39, 0.29) is 5.29 Å². The average molecular weight is 186 g/mol. The van der Waals surface area contributed by atoms with Crippen LogP contribution in [-0.2, 0) is 6.54 Å². The maximum atomic E-state index is 5.51. The van der Waals surface area contributed by atoms with E-state index < -0.39 is 0 Å². The van der Waals surface area contributed by atoms with Crippen LogP contribution in [0.4, 0.5) is 5.82 Å². The van der Waals surface area contributed by atoms with E-state index in [0.717, 1.165) is 5.69 Å². The van der Waals surface area contributed by atoms with Crippen molar-refractivity contribution in [2.75, 3.05) is 0 Å². The molecule has 64 valence electrons. The Labute approximate surface area is 74.4 Å². The number of hydrogen-bond acceptors (Lipinski definition) is 3. The van der Waals surface area contributed by atoms with E-state index in [9.17, 15) is 0 Å². The molecule has 0 saturated heterocycles. The topological polar surface area (TPSA) is 79.4 Å². The van der Waals surface area contributed by atoms with Gasteiger partial charge in [0.05, 0.1) is 12.0 Å². The summed E-state index contributed by atoms with van der Waals surface area (Å²) in [5.74, 6) is 0.454. The average Bonchev–Trinajstić information content (AvgIpc) is 2.51. The van der Waals surface area contributed by atoms with E-state index in [1.54, 1.807) is 0 Å². The maximum Gasteiger partial charge on any atom is 0.223 e. The molecule has 0 radical (unpaired) electrons. The van der Waals surface area contributed by atoms with Gasteiger partial charge in [0.2, 0.25) is 5.29 Å². The minimum Gasteiger partial charge on any atom is -0.346 e. The molecule has 0 aliphatic rings. The third-order valence-corrected chi connectivity index (χ3v) is 1.43. The molecule has 0 aliphatic carbocycles. The maximum absolute atomic E-state index is 5.51. The number of imidazole rings is 1. The second kappa shape index (κ2) is 3.99. The van der Waals surface area contributed by atoms with Gasteiger partial charge in [0.25, 0.3) is 0 Å². The Morgan fingerprint density at radius 2 is 2.58 bits per heavy atom. The zero-order valence-corrected chi connectivity index (χ0v) is 7.04. The third kappa shape index (κ3) is 1.90. The van der Waals surface area contributed by atoms with Crippen molar-refractivity contribution < 1.29 is 0 Å². The zero-order chi connectivity index (χ0) is 8.97. The van der Waals surface area contributed by atoms with Crippen molar-refractivity contribution in [3.05, 3.63) is 12.0 Å². The van der Waals surface area contributed by atoms with Crippen molar-refractivity contribution in [3.8, 4) is 0 Å². The molecular weight excluding hydrogens is 178 g/mol. The van der Waals surface area contributed by atoms with Crippen molar-refractivity contribution in [1.29, 1.82) is 0 Å². The van der Waals surface area contributed by atoms with Crippen LogP contribution < -0.4 is 5.73 Å². The Bertz CT molecular complexity index is 303. The largest absolute Gasteiger partial charge is 0.346 e. The Balaban J connectivity index is 2.94. The molecule has 1 rings (SSSR count). The summed E-state index contributed by atoms with van der Waals surface area (Å²) in [7, 11) is 0. The van der Waals surface area contributed by atoms with Crippen molar-refractivity contribution in [1.82, 2.24) is 9.97 Å². The lowest BCUT2D eigenvalue weighted by molar-refractivity contribution is 1.01. The summed E-state index contributed by atoms with van der Waals surface area (Å²) in [4.78, 5) is 13.9. The van der Waals surface area contributed by atoms with Crippen LogP contribution in [-0.4, -0.2) is 22.0 Å². The number of amidine groups is 1. The van der Waals surface area contributed by atoms with Crippen molar-refractivity contribution in [2.24, 2.45) is 15.7 Å². The van der Waals surface area contributed by atoms with Gasteiger partial charge >= 0.3 is 0 Å². The van der Waals surface area contributed by atoms with Gasteiger partial charge < -0.3 is 10.7 Å². The van der Waals surface area contributed by atoms with Gasteiger partial charge in [0.15, 0.2) is 5.82 Å². The highest BCUT2D eigenvalue weighted by Crippen LogP contribution is 2.13. The van der Waals surface area contributed by atoms with Crippen LogP contribution in [0.2, 0.25) is 0 Å². The molecular formula is C6H8ClN5. The van der Waals surface area contributed by atoms with Gasteiger partial charge in [-0.25, -0.2) is 9.98 Å². The summed E-state index contributed by atoms with van der Waals surface area (Å²) in [6.07, 6.45) is 1.49.